The Hall–Kier alpha value is 0.836. The summed E-state index contributed by atoms with van der Waals surface area (Å²) < 4.78 is 67.8. The predicted octanol–water partition coefficient (Wildman–Crippen LogP) is 0.969. The van der Waals surface area contributed by atoms with Gasteiger partial charge in [0.25, 0.3) is 0 Å². The van der Waals surface area contributed by atoms with Gasteiger partial charge in [-0.15, -0.1) is 0 Å². The van der Waals surface area contributed by atoms with Gasteiger partial charge in [-0.25, -0.2) is 0 Å². The Labute approximate surface area is 72.1 Å². The number of halogens is 6. The van der Waals surface area contributed by atoms with E-state index in [1.807, 2.05) is 0 Å². The van der Waals surface area contributed by atoms with Gasteiger partial charge in [0, 0.05) is 0 Å². The molecule has 0 aliphatic carbocycles. The molecule has 0 bridgehead atoms. The van der Waals surface area contributed by atoms with Crippen LogP contribution in [0.2, 0.25) is 0 Å². The summed E-state index contributed by atoms with van der Waals surface area (Å²) in [4.78, 5) is 0. The van der Waals surface area contributed by atoms with Crippen LogP contribution in [0.3, 0.4) is 0 Å². The SMILES string of the molecule is FC(F)(F)[Se][Si][Se]C(F)(F)F. The zero-order valence-corrected chi connectivity index (χ0v) is 9.01. The van der Waals surface area contributed by atoms with Crippen LogP contribution in [0.15, 0.2) is 0 Å². The van der Waals surface area contributed by atoms with Crippen LogP contribution in [0, 0.1) is 0 Å². The van der Waals surface area contributed by atoms with Crippen molar-refractivity contribution in [1.82, 2.24) is 0 Å². The van der Waals surface area contributed by atoms with Gasteiger partial charge in [-0.05, 0) is 0 Å². The van der Waals surface area contributed by atoms with Crippen LogP contribution in [-0.4, -0.2) is 45.5 Å². The average Bonchev–Trinajstić information content (AvgIpc) is 1.55. The molecule has 0 unspecified atom stereocenters. The van der Waals surface area contributed by atoms with Crippen LogP contribution in [0.1, 0.15) is 0 Å². The molecular weight excluding hydrogens is 324 g/mol. The van der Waals surface area contributed by atoms with Crippen molar-refractivity contribution in [2.24, 2.45) is 0 Å². The van der Waals surface area contributed by atoms with E-state index in [9.17, 15) is 26.3 Å². The van der Waals surface area contributed by atoms with Gasteiger partial charge in [0.05, 0.1) is 0 Å². The Morgan fingerprint density at radius 1 is 0.727 bits per heavy atom. The fourth-order valence-corrected chi connectivity index (χ4v) is 9.34. The van der Waals surface area contributed by atoms with Crippen molar-refractivity contribution in [3.63, 3.8) is 0 Å². The maximum absolute atomic E-state index is 11.3. The molecular formula is C2F6Se2Si. The number of hydrogen-bond donors (Lipinski definition) is 0. The van der Waals surface area contributed by atoms with E-state index in [4.69, 9.17) is 0 Å². The van der Waals surface area contributed by atoms with Crippen molar-refractivity contribution in [2.45, 2.75) is 10.1 Å². The molecule has 0 amide bonds. The molecule has 0 aromatic carbocycles. The summed E-state index contributed by atoms with van der Waals surface area (Å²) in [6.07, 6.45) is 0. The second-order valence-corrected chi connectivity index (χ2v) is 12.8. The second-order valence-electron chi connectivity index (χ2n) is 1.18. The van der Waals surface area contributed by atoms with E-state index in [0.717, 1.165) is 0 Å². The molecule has 0 atom stereocenters. The Morgan fingerprint density at radius 3 is 1.18 bits per heavy atom. The quantitative estimate of drug-likeness (QED) is 0.525. The zero-order valence-electron chi connectivity index (χ0n) is 4.58. The number of alkyl halides is 6. The Bertz CT molecular complexity index is 103. The first kappa shape index (κ1) is 11.8. The van der Waals surface area contributed by atoms with E-state index in [1.54, 1.807) is 0 Å². The van der Waals surface area contributed by atoms with E-state index in [1.165, 1.54) is 0 Å². The summed E-state index contributed by atoms with van der Waals surface area (Å²) in [7, 11) is 0. The molecule has 2 radical (unpaired) electrons. The Balaban J connectivity index is 3.44. The minimum atomic E-state index is -4.39. The monoisotopic (exact) mass is 326 g/mol. The van der Waals surface area contributed by atoms with Crippen LogP contribution < -0.4 is 0 Å². The van der Waals surface area contributed by atoms with E-state index < -0.39 is 45.5 Å². The maximum atomic E-state index is 11.3. The number of rotatable bonds is 2. The van der Waals surface area contributed by atoms with Gasteiger partial charge in [0.1, 0.15) is 0 Å². The van der Waals surface area contributed by atoms with Crippen LogP contribution in [0.4, 0.5) is 26.3 Å². The average molecular weight is 324 g/mol. The van der Waals surface area contributed by atoms with Crippen LogP contribution in [-0.2, 0) is 0 Å². The first-order chi connectivity index (χ1) is 4.71. The molecule has 0 heterocycles. The summed E-state index contributed by atoms with van der Waals surface area (Å²) in [5, 5.41) is -8.78. The molecule has 0 nitrogen and oxygen atoms in total. The fraction of sp³-hybridized carbons (Fsp3) is 1.00. The van der Waals surface area contributed by atoms with Crippen LogP contribution in [0.25, 0.3) is 0 Å². The zero-order chi connectivity index (χ0) is 9.12. The number of hydrogen-bond acceptors (Lipinski definition) is 0. The molecule has 0 fully saturated rings. The summed E-state index contributed by atoms with van der Waals surface area (Å²) in [5.41, 5.74) is 0. The third-order valence-corrected chi connectivity index (χ3v) is 10.4. The Morgan fingerprint density at radius 2 is 1.00 bits per heavy atom. The molecule has 0 aliphatic heterocycles. The van der Waals surface area contributed by atoms with E-state index in [0.29, 0.717) is 0 Å². The van der Waals surface area contributed by atoms with Crippen molar-refractivity contribution in [3.05, 3.63) is 0 Å². The van der Waals surface area contributed by atoms with Crippen molar-refractivity contribution < 1.29 is 26.3 Å². The van der Waals surface area contributed by atoms with Crippen molar-refractivity contribution in [1.29, 1.82) is 0 Å². The topological polar surface area (TPSA) is 0 Å². The molecule has 0 spiro atoms. The van der Waals surface area contributed by atoms with Gasteiger partial charge in [0.15, 0.2) is 0 Å². The molecule has 0 N–H and O–H groups in total. The summed E-state index contributed by atoms with van der Waals surface area (Å²) in [6, 6.07) is 0. The van der Waals surface area contributed by atoms with Gasteiger partial charge in [-0.3, -0.25) is 0 Å². The summed E-state index contributed by atoms with van der Waals surface area (Å²) >= 11 is -3.69. The Kier molecular flexibility index (Phi) is 4.50. The van der Waals surface area contributed by atoms with Crippen LogP contribution in [0.5, 0.6) is 0 Å². The molecule has 66 valence electrons. The van der Waals surface area contributed by atoms with Crippen molar-refractivity contribution in [2.75, 3.05) is 0 Å². The van der Waals surface area contributed by atoms with Crippen molar-refractivity contribution in [3.8, 4) is 0 Å². The van der Waals surface area contributed by atoms with Crippen molar-refractivity contribution >= 4 is 35.4 Å². The first-order valence-electron chi connectivity index (χ1n) is 1.95. The molecule has 0 saturated carbocycles. The molecule has 9 heteroatoms. The molecule has 0 aromatic rings. The van der Waals surface area contributed by atoms with Gasteiger partial charge >= 0.3 is 71.9 Å². The summed E-state index contributed by atoms with van der Waals surface area (Å²) in [6.45, 7) is -0.990. The molecule has 0 rings (SSSR count). The fourth-order valence-electron chi connectivity index (χ4n) is 0.115. The van der Waals surface area contributed by atoms with E-state index >= 15 is 0 Å². The predicted molar refractivity (Wildman–Crippen MR) is 29.4 cm³/mol. The van der Waals surface area contributed by atoms with Gasteiger partial charge < -0.3 is 0 Å². The van der Waals surface area contributed by atoms with Gasteiger partial charge in [-0.1, -0.05) is 0 Å². The second kappa shape index (κ2) is 4.18. The molecule has 11 heavy (non-hydrogen) atoms. The van der Waals surface area contributed by atoms with Crippen LogP contribution >= 0.6 is 0 Å². The van der Waals surface area contributed by atoms with E-state index in [2.05, 4.69) is 0 Å². The summed E-state index contributed by atoms with van der Waals surface area (Å²) in [5.74, 6) is 0. The molecule has 0 aliphatic rings. The minimum absolute atomic E-state index is 0.990. The van der Waals surface area contributed by atoms with E-state index in [-0.39, 0.29) is 0 Å². The first-order valence-corrected chi connectivity index (χ1v) is 9.62. The third-order valence-electron chi connectivity index (χ3n) is 0.315. The van der Waals surface area contributed by atoms with Gasteiger partial charge in [0.2, 0.25) is 0 Å². The normalized spacial score (nSPS) is 13.6. The third kappa shape index (κ3) is 10.8. The molecule has 0 saturated heterocycles. The van der Waals surface area contributed by atoms with Gasteiger partial charge in [-0.2, -0.15) is 0 Å². The standard InChI is InChI=1S/C2F6Se2Si/c3-1(4,5)9-11-10-2(6,7)8. The molecule has 0 aromatic heterocycles.